The number of hydrogen-bond acceptors (Lipinski definition) is 4. The highest BCUT2D eigenvalue weighted by atomic mass is 16.5. The molecule has 0 aromatic carbocycles. The van der Waals surface area contributed by atoms with Crippen molar-refractivity contribution < 1.29 is 24.5 Å². The average molecular weight is 216 g/mol. The molecule has 1 saturated carbocycles. The molecule has 1 aliphatic rings. The molecule has 0 saturated heterocycles. The maximum Gasteiger partial charge on any atom is 0.311 e. The second kappa shape index (κ2) is 5.11. The number of aliphatic hydroxyl groups excluding tert-OH is 1. The minimum absolute atomic E-state index is 0.0828. The number of carbonyl (C=O) groups is 2. The lowest BCUT2D eigenvalue weighted by molar-refractivity contribution is -0.153. The van der Waals surface area contributed by atoms with Crippen LogP contribution in [0.4, 0.5) is 0 Å². The molecule has 0 aliphatic heterocycles. The van der Waals surface area contributed by atoms with E-state index in [2.05, 4.69) is 0 Å². The monoisotopic (exact) mass is 216 g/mol. The van der Waals surface area contributed by atoms with Gasteiger partial charge in [-0.3, -0.25) is 9.59 Å². The molecule has 15 heavy (non-hydrogen) atoms. The van der Waals surface area contributed by atoms with E-state index in [-0.39, 0.29) is 18.9 Å². The summed E-state index contributed by atoms with van der Waals surface area (Å²) in [5.74, 6) is -2.38. The van der Waals surface area contributed by atoms with E-state index in [4.69, 9.17) is 9.84 Å². The lowest BCUT2D eigenvalue weighted by Crippen LogP contribution is -2.30. The van der Waals surface area contributed by atoms with E-state index in [1.807, 2.05) is 0 Å². The van der Waals surface area contributed by atoms with E-state index in [1.165, 1.54) is 0 Å². The zero-order valence-electron chi connectivity index (χ0n) is 8.68. The van der Waals surface area contributed by atoms with Crippen molar-refractivity contribution in [2.75, 3.05) is 6.61 Å². The highest BCUT2D eigenvalue weighted by Crippen LogP contribution is 2.35. The molecular weight excluding hydrogens is 200 g/mol. The van der Waals surface area contributed by atoms with Crippen LogP contribution in [0.1, 0.15) is 26.2 Å². The highest BCUT2D eigenvalue weighted by molar-refractivity contribution is 5.75. The minimum atomic E-state index is -0.941. The number of ether oxygens (including phenoxy) is 1. The lowest BCUT2D eigenvalue weighted by atomic mass is 9.92. The zero-order valence-corrected chi connectivity index (χ0v) is 8.68. The normalized spacial score (nSPS) is 30.1. The standard InChI is InChI=1S/C10H16O5/c1-2-15-10(14)9-6(5-8(12)13)3-4-7(9)11/h6-7,9,11H,2-5H2,1H3,(H,12,13). The summed E-state index contributed by atoms with van der Waals surface area (Å²) in [5, 5.41) is 18.2. The third-order valence-electron chi connectivity index (χ3n) is 2.75. The maximum atomic E-state index is 11.5. The summed E-state index contributed by atoms with van der Waals surface area (Å²) in [6.45, 7) is 1.94. The number of hydrogen-bond donors (Lipinski definition) is 2. The molecule has 0 spiro atoms. The van der Waals surface area contributed by atoms with E-state index in [1.54, 1.807) is 6.92 Å². The number of rotatable bonds is 4. The van der Waals surface area contributed by atoms with Crippen LogP contribution in [-0.4, -0.2) is 34.9 Å². The second-order valence-corrected chi connectivity index (χ2v) is 3.78. The second-order valence-electron chi connectivity index (χ2n) is 3.78. The third kappa shape index (κ3) is 2.92. The number of carboxylic acid groups (broad SMARTS) is 1. The average Bonchev–Trinajstić information content (AvgIpc) is 2.46. The fourth-order valence-electron chi connectivity index (χ4n) is 2.10. The first-order valence-electron chi connectivity index (χ1n) is 5.12. The van der Waals surface area contributed by atoms with Crippen molar-refractivity contribution in [1.29, 1.82) is 0 Å². The molecule has 0 bridgehead atoms. The summed E-state index contributed by atoms with van der Waals surface area (Å²) in [7, 11) is 0. The Hall–Kier alpha value is -1.10. The summed E-state index contributed by atoms with van der Waals surface area (Å²) in [6, 6.07) is 0. The van der Waals surface area contributed by atoms with Crippen molar-refractivity contribution in [2.24, 2.45) is 11.8 Å². The van der Waals surface area contributed by atoms with Gasteiger partial charge in [0.2, 0.25) is 0 Å². The van der Waals surface area contributed by atoms with Gasteiger partial charge in [-0.1, -0.05) is 0 Å². The van der Waals surface area contributed by atoms with Gasteiger partial charge in [0.05, 0.1) is 18.6 Å². The van der Waals surface area contributed by atoms with E-state index < -0.39 is 24.0 Å². The Morgan fingerprint density at radius 3 is 2.60 bits per heavy atom. The topological polar surface area (TPSA) is 83.8 Å². The molecule has 0 aromatic rings. The van der Waals surface area contributed by atoms with Gasteiger partial charge in [-0.05, 0) is 25.7 Å². The molecule has 1 rings (SSSR count). The van der Waals surface area contributed by atoms with Crippen molar-refractivity contribution in [3.63, 3.8) is 0 Å². The van der Waals surface area contributed by atoms with Crippen LogP contribution < -0.4 is 0 Å². The molecule has 5 heteroatoms. The van der Waals surface area contributed by atoms with Crippen molar-refractivity contribution in [2.45, 2.75) is 32.3 Å². The Balaban J connectivity index is 2.63. The van der Waals surface area contributed by atoms with Crippen LogP contribution in [-0.2, 0) is 14.3 Å². The number of carbonyl (C=O) groups excluding carboxylic acids is 1. The first kappa shape index (κ1) is 12.0. The van der Waals surface area contributed by atoms with Crippen molar-refractivity contribution >= 4 is 11.9 Å². The Morgan fingerprint density at radius 1 is 1.40 bits per heavy atom. The van der Waals surface area contributed by atoms with Crippen molar-refractivity contribution in [3.8, 4) is 0 Å². The van der Waals surface area contributed by atoms with Crippen LogP contribution in [0.3, 0.4) is 0 Å². The molecule has 86 valence electrons. The van der Waals surface area contributed by atoms with Crippen LogP contribution >= 0.6 is 0 Å². The molecular formula is C10H16O5. The SMILES string of the molecule is CCOC(=O)C1C(O)CCC1CC(=O)O. The predicted molar refractivity (Wildman–Crippen MR) is 51.1 cm³/mol. The molecule has 5 nitrogen and oxygen atoms in total. The molecule has 0 aromatic heterocycles. The van der Waals surface area contributed by atoms with E-state index >= 15 is 0 Å². The first-order valence-corrected chi connectivity index (χ1v) is 5.12. The van der Waals surface area contributed by atoms with E-state index in [0.29, 0.717) is 12.8 Å². The van der Waals surface area contributed by atoms with Gasteiger partial charge >= 0.3 is 11.9 Å². The maximum absolute atomic E-state index is 11.5. The summed E-state index contributed by atoms with van der Waals surface area (Å²) < 4.78 is 4.82. The summed E-state index contributed by atoms with van der Waals surface area (Å²) in [4.78, 5) is 22.0. The van der Waals surface area contributed by atoms with Gasteiger partial charge in [-0.25, -0.2) is 0 Å². The minimum Gasteiger partial charge on any atom is -0.481 e. The smallest absolute Gasteiger partial charge is 0.311 e. The van der Waals surface area contributed by atoms with E-state index in [0.717, 1.165) is 0 Å². The predicted octanol–water partition coefficient (Wildman–Crippen LogP) is 0.411. The lowest BCUT2D eigenvalue weighted by Gasteiger charge is -2.18. The summed E-state index contributed by atoms with van der Waals surface area (Å²) in [6.07, 6.45) is 0.201. The number of aliphatic carboxylic acids is 1. The molecule has 0 radical (unpaired) electrons. The van der Waals surface area contributed by atoms with Gasteiger partial charge in [-0.2, -0.15) is 0 Å². The number of esters is 1. The van der Waals surface area contributed by atoms with Crippen LogP contribution in [0.15, 0.2) is 0 Å². The van der Waals surface area contributed by atoms with Crippen molar-refractivity contribution in [1.82, 2.24) is 0 Å². The molecule has 1 aliphatic carbocycles. The number of carboxylic acids is 1. The Morgan fingerprint density at radius 2 is 2.07 bits per heavy atom. The van der Waals surface area contributed by atoms with Crippen LogP contribution in [0, 0.1) is 11.8 Å². The molecule has 3 atom stereocenters. The van der Waals surface area contributed by atoms with Crippen LogP contribution in [0.5, 0.6) is 0 Å². The molecule has 3 unspecified atom stereocenters. The van der Waals surface area contributed by atoms with Gasteiger partial charge in [0.1, 0.15) is 0 Å². The Bertz CT molecular complexity index is 250. The quantitative estimate of drug-likeness (QED) is 0.665. The molecule has 0 amide bonds. The number of aliphatic hydroxyl groups is 1. The molecule has 1 fully saturated rings. The van der Waals surface area contributed by atoms with Crippen molar-refractivity contribution in [3.05, 3.63) is 0 Å². The summed E-state index contributed by atoms with van der Waals surface area (Å²) >= 11 is 0. The van der Waals surface area contributed by atoms with Gasteiger partial charge < -0.3 is 14.9 Å². The van der Waals surface area contributed by atoms with Crippen LogP contribution in [0.25, 0.3) is 0 Å². The third-order valence-corrected chi connectivity index (χ3v) is 2.75. The fraction of sp³-hybridized carbons (Fsp3) is 0.800. The highest BCUT2D eigenvalue weighted by Gasteiger charge is 2.41. The Labute approximate surface area is 88.0 Å². The van der Waals surface area contributed by atoms with Crippen LogP contribution in [0.2, 0.25) is 0 Å². The van der Waals surface area contributed by atoms with Gasteiger partial charge in [0.15, 0.2) is 0 Å². The largest absolute Gasteiger partial charge is 0.481 e. The van der Waals surface area contributed by atoms with Gasteiger partial charge in [-0.15, -0.1) is 0 Å². The van der Waals surface area contributed by atoms with Gasteiger partial charge in [0, 0.05) is 6.42 Å². The fourth-order valence-corrected chi connectivity index (χ4v) is 2.10. The molecule has 2 N–H and O–H groups in total. The zero-order chi connectivity index (χ0) is 11.4. The van der Waals surface area contributed by atoms with E-state index in [9.17, 15) is 14.7 Å². The molecule has 0 heterocycles. The van der Waals surface area contributed by atoms with Gasteiger partial charge in [0.25, 0.3) is 0 Å². The first-order chi connectivity index (χ1) is 7.06. The Kier molecular flexibility index (Phi) is 4.08. The summed E-state index contributed by atoms with van der Waals surface area (Å²) in [5.41, 5.74) is 0.